The zero-order valence-electron chi connectivity index (χ0n) is 16.9. The minimum Gasteiger partial charge on any atom is -0.336 e. The Labute approximate surface area is 181 Å². The van der Waals surface area contributed by atoms with E-state index in [-0.39, 0.29) is 22.5 Å². The molecule has 0 radical (unpaired) electrons. The molecule has 5 heteroatoms. The molecule has 3 aromatic rings. The van der Waals surface area contributed by atoms with E-state index in [4.69, 9.17) is 11.6 Å². The van der Waals surface area contributed by atoms with Crippen molar-refractivity contribution in [2.24, 2.45) is 0 Å². The quantitative estimate of drug-likeness (QED) is 0.567. The van der Waals surface area contributed by atoms with Crippen LogP contribution in [0.15, 0.2) is 72.8 Å². The van der Waals surface area contributed by atoms with Crippen LogP contribution in [-0.4, -0.2) is 41.9 Å². The third-order valence-corrected chi connectivity index (χ3v) is 5.97. The van der Waals surface area contributed by atoms with Gasteiger partial charge in [-0.2, -0.15) is 0 Å². The molecule has 0 aliphatic carbocycles. The van der Waals surface area contributed by atoms with Gasteiger partial charge in [-0.1, -0.05) is 77.8 Å². The largest absolute Gasteiger partial charge is 0.336 e. The number of nitrogens with zero attached hydrogens (tertiary/aromatic N) is 2. The Balaban J connectivity index is 1.54. The maximum atomic E-state index is 14.2. The number of benzene rings is 3. The second kappa shape index (κ2) is 8.99. The lowest BCUT2D eigenvalue weighted by molar-refractivity contribution is 0.0593. The molecule has 30 heavy (non-hydrogen) atoms. The van der Waals surface area contributed by atoms with Gasteiger partial charge < -0.3 is 4.90 Å². The number of hydrogen-bond acceptors (Lipinski definition) is 2. The first-order chi connectivity index (χ1) is 14.5. The van der Waals surface area contributed by atoms with Crippen LogP contribution in [0.25, 0.3) is 0 Å². The SMILES string of the molecule is Cc1ccc(C(c2ccccc2)N2CCN(C(=O)c3c(F)cccc3Cl)CC2)cc1. The van der Waals surface area contributed by atoms with Crippen molar-refractivity contribution < 1.29 is 9.18 Å². The van der Waals surface area contributed by atoms with Crippen LogP contribution in [0.5, 0.6) is 0 Å². The standard InChI is InChI=1S/C25H24ClFN2O/c1-18-10-12-20(13-11-18)24(19-6-3-2-4-7-19)28-14-16-29(17-15-28)25(30)23-21(26)8-5-9-22(23)27/h2-13,24H,14-17H2,1H3. The molecular weight excluding hydrogens is 399 g/mol. The molecule has 1 aliphatic heterocycles. The number of rotatable bonds is 4. The maximum absolute atomic E-state index is 14.2. The first kappa shape index (κ1) is 20.6. The summed E-state index contributed by atoms with van der Waals surface area (Å²) in [6.45, 7) is 4.54. The number of aryl methyl sites for hydroxylation is 1. The summed E-state index contributed by atoms with van der Waals surface area (Å²) in [5.41, 5.74) is 3.63. The summed E-state index contributed by atoms with van der Waals surface area (Å²) in [6, 6.07) is 23.5. The van der Waals surface area contributed by atoms with Gasteiger partial charge in [-0.15, -0.1) is 0 Å². The van der Waals surface area contributed by atoms with E-state index >= 15 is 0 Å². The summed E-state index contributed by atoms with van der Waals surface area (Å²) in [6.07, 6.45) is 0. The average molecular weight is 423 g/mol. The molecule has 0 bridgehead atoms. The van der Waals surface area contributed by atoms with Gasteiger partial charge in [-0.25, -0.2) is 4.39 Å². The summed E-state index contributed by atoms with van der Waals surface area (Å²) in [5.74, 6) is -0.916. The molecule has 0 saturated carbocycles. The molecule has 1 saturated heterocycles. The molecule has 1 heterocycles. The number of hydrogen-bond donors (Lipinski definition) is 0. The first-order valence-corrected chi connectivity index (χ1v) is 10.5. The number of carbonyl (C=O) groups is 1. The Morgan fingerprint density at radius 3 is 2.13 bits per heavy atom. The molecule has 1 fully saturated rings. The fourth-order valence-corrected chi connectivity index (χ4v) is 4.29. The lowest BCUT2D eigenvalue weighted by atomic mass is 9.95. The van der Waals surface area contributed by atoms with Crippen molar-refractivity contribution in [1.82, 2.24) is 9.80 Å². The maximum Gasteiger partial charge on any atom is 0.258 e. The molecule has 154 valence electrons. The molecule has 1 unspecified atom stereocenters. The van der Waals surface area contributed by atoms with Gasteiger partial charge in [-0.05, 0) is 30.2 Å². The highest BCUT2D eigenvalue weighted by molar-refractivity contribution is 6.33. The van der Waals surface area contributed by atoms with Gasteiger partial charge in [0, 0.05) is 26.2 Å². The Bertz CT molecular complexity index is 995. The molecule has 0 spiro atoms. The van der Waals surface area contributed by atoms with Gasteiger partial charge in [0.15, 0.2) is 0 Å². The Hall–Kier alpha value is -2.69. The predicted molar refractivity (Wildman–Crippen MR) is 118 cm³/mol. The van der Waals surface area contributed by atoms with Gasteiger partial charge in [0.2, 0.25) is 0 Å². The summed E-state index contributed by atoms with van der Waals surface area (Å²) < 4.78 is 14.2. The zero-order valence-corrected chi connectivity index (χ0v) is 17.6. The Kier molecular flexibility index (Phi) is 6.16. The third kappa shape index (κ3) is 4.25. The lowest BCUT2D eigenvalue weighted by Gasteiger charge is -2.40. The van der Waals surface area contributed by atoms with E-state index < -0.39 is 5.82 Å². The first-order valence-electron chi connectivity index (χ1n) is 10.1. The van der Waals surface area contributed by atoms with Crippen molar-refractivity contribution in [1.29, 1.82) is 0 Å². The van der Waals surface area contributed by atoms with E-state index in [0.717, 1.165) is 0 Å². The highest BCUT2D eigenvalue weighted by atomic mass is 35.5. The van der Waals surface area contributed by atoms with Crippen molar-refractivity contribution in [2.75, 3.05) is 26.2 Å². The second-order valence-corrected chi connectivity index (χ2v) is 8.06. The van der Waals surface area contributed by atoms with Gasteiger partial charge in [0.25, 0.3) is 5.91 Å². The van der Waals surface area contributed by atoms with E-state index in [1.807, 2.05) is 6.07 Å². The number of amides is 1. The monoisotopic (exact) mass is 422 g/mol. The van der Waals surface area contributed by atoms with Crippen molar-refractivity contribution in [3.8, 4) is 0 Å². The minimum absolute atomic E-state index is 0.0363. The van der Waals surface area contributed by atoms with Crippen LogP contribution in [0.4, 0.5) is 4.39 Å². The van der Waals surface area contributed by atoms with Gasteiger partial charge in [0.1, 0.15) is 5.82 Å². The van der Waals surface area contributed by atoms with E-state index in [1.54, 1.807) is 11.0 Å². The van der Waals surface area contributed by atoms with Crippen LogP contribution in [0.2, 0.25) is 5.02 Å². The minimum atomic E-state index is -0.572. The van der Waals surface area contributed by atoms with Crippen LogP contribution in [0, 0.1) is 12.7 Å². The molecule has 0 N–H and O–H groups in total. The van der Waals surface area contributed by atoms with E-state index in [0.29, 0.717) is 26.2 Å². The smallest absolute Gasteiger partial charge is 0.258 e. The van der Waals surface area contributed by atoms with Gasteiger partial charge >= 0.3 is 0 Å². The summed E-state index contributed by atoms with van der Waals surface area (Å²) >= 11 is 6.10. The van der Waals surface area contributed by atoms with Crippen molar-refractivity contribution >= 4 is 17.5 Å². The molecule has 0 aromatic heterocycles. The summed E-state index contributed by atoms with van der Waals surface area (Å²) in [4.78, 5) is 17.0. The van der Waals surface area contributed by atoms with Crippen LogP contribution in [0.1, 0.15) is 33.1 Å². The average Bonchev–Trinajstić information content (AvgIpc) is 2.76. The number of carbonyl (C=O) groups excluding carboxylic acids is 1. The molecule has 1 aliphatic rings. The van der Waals surface area contributed by atoms with Crippen molar-refractivity contribution in [3.05, 3.63) is 106 Å². The van der Waals surface area contributed by atoms with Gasteiger partial charge in [-0.3, -0.25) is 9.69 Å². The normalized spacial score (nSPS) is 15.8. The van der Waals surface area contributed by atoms with Crippen molar-refractivity contribution in [3.63, 3.8) is 0 Å². The number of piperazine rings is 1. The lowest BCUT2D eigenvalue weighted by Crippen LogP contribution is -2.50. The second-order valence-electron chi connectivity index (χ2n) is 7.65. The predicted octanol–water partition coefficient (Wildman–Crippen LogP) is 5.33. The fraction of sp³-hybridized carbons (Fsp3) is 0.240. The van der Waals surface area contributed by atoms with Crippen LogP contribution in [0.3, 0.4) is 0 Å². The summed E-state index contributed by atoms with van der Waals surface area (Å²) in [5, 5.41) is 0.157. The van der Waals surface area contributed by atoms with E-state index in [1.165, 1.54) is 28.8 Å². The molecule has 1 amide bonds. The van der Waals surface area contributed by atoms with E-state index in [2.05, 4.69) is 60.4 Å². The third-order valence-electron chi connectivity index (χ3n) is 5.65. The van der Waals surface area contributed by atoms with E-state index in [9.17, 15) is 9.18 Å². The highest BCUT2D eigenvalue weighted by Gasteiger charge is 2.30. The topological polar surface area (TPSA) is 23.6 Å². The molecule has 4 rings (SSSR count). The number of halogens is 2. The zero-order chi connectivity index (χ0) is 21.1. The highest BCUT2D eigenvalue weighted by Crippen LogP contribution is 2.30. The fourth-order valence-electron chi connectivity index (χ4n) is 4.04. The van der Waals surface area contributed by atoms with Gasteiger partial charge in [0.05, 0.1) is 16.6 Å². The summed E-state index contributed by atoms with van der Waals surface area (Å²) in [7, 11) is 0. The Morgan fingerprint density at radius 2 is 1.50 bits per heavy atom. The van der Waals surface area contributed by atoms with Crippen LogP contribution >= 0.6 is 11.6 Å². The molecule has 3 nitrogen and oxygen atoms in total. The molecule has 1 atom stereocenters. The molecular formula is C25H24ClFN2O. The van der Waals surface area contributed by atoms with Crippen LogP contribution < -0.4 is 0 Å². The van der Waals surface area contributed by atoms with Crippen molar-refractivity contribution in [2.45, 2.75) is 13.0 Å². The van der Waals surface area contributed by atoms with Crippen LogP contribution in [-0.2, 0) is 0 Å². The molecule has 3 aromatic carbocycles. The Morgan fingerprint density at radius 1 is 0.867 bits per heavy atom.